The molecule has 118 valence electrons. The highest BCUT2D eigenvalue weighted by Crippen LogP contribution is 2.26. The molecule has 4 nitrogen and oxygen atoms in total. The Kier molecular flexibility index (Phi) is 4.73. The summed E-state index contributed by atoms with van der Waals surface area (Å²) >= 11 is 1.63. The van der Waals surface area contributed by atoms with E-state index in [0.29, 0.717) is 12.4 Å². The number of nitrogens with zero attached hydrogens (tertiary/aromatic N) is 4. The molecule has 23 heavy (non-hydrogen) atoms. The average molecular weight is 328 g/mol. The Labute approximate surface area is 138 Å². The second kappa shape index (κ2) is 6.93. The average Bonchev–Trinajstić information content (AvgIpc) is 2.95. The van der Waals surface area contributed by atoms with Crippen molar-refractivity contribution in [2.45, 2.75) is 19.5 Å². The van der Waals surface area contributed by atoms with Gasteiger partial charge in [0.25, 0.3) is 0 Å². The fourth-order valence-electron chi connectivity index (χ4n) is 2.53. The summed E-state index contributed by atoms with van der Waals surface area (Å²) < 4.78 is 13.2. The topological polar surface area (TPSA) is 41.9 Å². The first kappa shape index (κ1) is 15.7. The molecule has 3 rings (SSSR count). The van der Waals surface area contributed by atoms with Crippen molar-refractivity contribution in [2.24, 2.45) is 0 Å². The number of hydrogen-bond donors (Lipinski definition) is 0. The normalized spacial score (nSPS) is 12.5. The lowest BCUT2D eigenvalue weighted by Crippen LogP contribution is -2.27. The highest BCUT2D eigenvalue weighted by Gasteiger charge is 2.22. The zero-order chi connectivity index (χ0) is 16.2. The molecule has 0 saturated carbocycles. The van der Waals surface area contributed by atoms with E-state index >= 15 is 0 Å². The van der Waals surface area contributed by atoms with Crippen molar-refractivity contribution in [3.8, 4) is 0 Å². The van der Waals surface area contributed by atoms with E-state index in [-0.39, 0.29) is 11.9 Å². The third-order valence-corrected chi connectivity index (χ3v) is 4.36. The second-order valence-electron chi connectivity index (χ2n) is 5.33. The minimum absolute atomic E-state index is 0.154. The van der Waals surface area contributed by atoms with Gasteiger partial charge in [0, 0.05) is 24.3 Å². The molecule has 0 unspecified atom stereocenters. The van der Waals surface area contributed by atoms with Crippen LogP contribution in [0.3, 0.4) is 0 Å². The number of halogens is 1. The highest BCUT2D eigenvalue weighted by atomic mass is 32.1. The lowest BCUT2D eigenvalue weighted by Gasteiger charge is -2.26. The molecule has 2 heterocycles. The number of thiazole rings is 1. The van der Waals surface area contributed by atoms with Crippen LogP contribution in [0.15, 0.2) is 48.1 Å². The van der Waals surface area contributed by atoms with Crippen LogP contribution in [0.25, 0.3) is 0 Å². The molecule has 0 radical (unpaired) electrons. The Hall–Kier alpha value is -2.18. The van der Waals surface area contributed by atoms with Crippen LogP contribution in [0.2, 0.25) is 0 Å². The summed E-state index contributed by atoms with van der Waals surface area (Å²) in [6, 6.07) is 8.12. The zero-order valence-corrected chi connectivity index (χ0v) is 13.8. The van der Waals surface area contributed by atoms with Gasteiger partial charge in [-0.25, -0.2) is 19.3 Å². The summed E-state index contributed by atoms with van der Waals surface area (Å²) in [6.07, 6.45) is 3.44. The Balaban J connectivity index is 1.92. The van der Waals surface area contributed by atoms with Gasteiger partial charge in [-0.2, -0.15) is 0 Å². The molecule has 3 aromatic rings. The first-order valence-electron chi connectivity index (χ1n) is 7.27. The van der Waals surface area contributed by atoms with Gasteiger partial charge in [-0.15, -0.1) is 11.3 Å². The maximum atomic E-state index is 13.2. The van der Waals surface area contributed by atoms with Crippen LogP contribution < -0.4 is 0 Å². The molecule has 0 fully saturated rings. The predicted octanol–water partition coefficient (Wildman–Crippen LogP) is 3.60. The van der Waals surface area contributed by atoms with Crippen molar-refractivity contribution >= 4 is 11.3 Å². The number of rotatable bonds is 5. The van der Waals surface area contributed by atoms with Crippen molar-refractivity contribution in [3.63, 3.8) is 0 Å². The van der Waals surface area contributed by atoms with Crippen molar-refractivity contribution in [2.75, 3.05) is 7.05 Å². The first-order chi connectivity index (χ1) is 11.1. The Bertz CT molecular complexity index is 758. The predicted molar refractivity (Wildman–Crippen MR) is 88.6 cm³/mol. The van der Waals surface area contributed by atoms with Crippen LogP contribution in [-0.4, -0.2) is 26.9 Å². The maximum Gasteiger partial charge on any atom is 0.149 e. The van der Waals surface area contributed by atoms with E-state index in [1.165, 1.54) is 12.1 Å². The molecule has 0 aliphatic heterocycles. The molecule has 0 amide bonds. The van der Waals surface area contributed by atoms with Crippen LogP contribution in [0.1, 0.15) is 28.1 Å². The van der Waals surface area contributed by atoms with Gasteiger partial charge in [-0.05, 0) is 37.7 Å². The smallest absolute Gasteiger partial charge is 0.149 e. The largest absolute Gasteiger partial charge is 0.287 e. The van der Waals surface area contributed by atoms with Crippen LogP contribution >= 0.6 is 11.3 Å². The number of aromatic nitrogens is 3. The quantitative estimate of drug-likeness (QED) is 0.717. The van der Waals surface area contributed by atoms with Crippen molar-refractivity contribution in [1.29, 1.82) is 0 Å². The minimum Gasteiger partial charge on any atom is -0.287 e. The summed E-state index contributed by atoms with van der Waals surface area (Å²) in [4.78, 5) is 15.4. The number of hydrogen-bond acceptors (Lipinski definition) is 5. The maximum absolute atomic E-state index is 13.2. The van der Waals surface area contributed by atoms with Crippen molar-refractivity contribution in [3.05, 3.63) is 76.0 Å². The lowest BCUT2D eigenvalue weighted by atomic mass is 10.0. The second-order valence-corrected chi connectivity index (χ2v) is 6.40. The number of benzene rings is 1. The Morgan fingerprint density at radius 3 is 2.48 bits per heavy atom. The van der Waals surface area contributed by atoms with Gasteiger partial charge in [0.15, 0.2) is 0 Å². The molecular formula is C17H17FN4S. The fourth-order valence-corrected chi connectivity index (χ4v) is 3.13. The third kappa shape index (κ3) is 3.78. The molecule has 6 heteroatoms. The van der Waals surface area contributed by atoms with Gasteiger partial charge in [-0.1, -0.05) is 12.1 Å². The Morgan fingerprint density at radius 2 is 1.87 bits per heavy atom. The van der Waals surface area contributed by atoms with Crippen LogP contribution in [-0.2, 0) is 6.54 Å². The van der Waals surface area contributed by atoms with Gasteiger partial charge in [0.2, 0.25) is 0 Å². The van der Waals surface area contributed by atoms with Crippen LogP contribution in [0.5, 0.6) is 0 Å². The van der Waals surface area contributed by atoms with Crippen molar-refractivity contribution < 1.29 is 4.39 Å². The van der Waals surface area contributed by atoms with Gasteiger partial charge >= 0.3 is 0 Å². The molecule has 2 aromatic heterocycles. The summed E-state index contributed by atoms with van der Waals surface area (Å²) in [5, 5.41) is 3.10. The molecular weight excluding hydrogens is 311 g/mol. The molecule has 0 bridgehead atoms. The van der Waals surface area contributed by atoms with E-state index in [0.717, 1.165) is 16.3 Å². The van der Waals surface area contributed by atoms with E-state index in [2.05, 4.69) is 25.2 Å². The van der Waals surface area contributed by atoms with Gasteiger partial charge < -0.3 is 0 Å². The number of aryl methyl sites for hydroxylation is 1. The van der Waals surface area contributed by atoms with E-state index in [9.17, 15) is 4.39 Å². The molecule has 0 aliphatic rings. The zero-order valence-electron chi connectivity index (χ0n) is 13.0. The summed E-state index contributed by atoms with van der Waals surface area (Å²) in [6.45, 7) is 2.66. The molecule has 0 saturated heterocycles. The summed E-state index contributed by atoms with van der Waals surface area (Å²) in [5.41, 5.74) is 1.96. The van der Waals surface area contributed by atoms with E-state index in [1.807, 2.05) is 14.0 Å². The van der Waals surface area contributed by atoms with E-state index in [1.54, 1.807) is 41.9 Å². The Morgan fingerprint density at radius 1 is 1.17 bits per heavy atom. The SMILES string of the molecule is Cc1nc(CN(C)[C@@H](c2ccc(F)cc2)c2ncccn2)cs1. The minimum atomic E-state index is -0.251. The summed E-state index contributed by atoms with van der Waals surface area (Å²) in [5.74, 6) is 0.438. The highest BCUT2D eigenvalue weighted by molar-refractivity contribution is 7.09. The van der Waals surface area contributed by atoms with E-state index in [4.69, 9.17) is 0 Å². The molecule has 1 aromatic carbocycles. The van der Waals surface area contributed by atoms with Gasteiger partial charge in [0.05, 0.1) is 16.7 Å². The van der Waals surface area contributed by atoms with Crippen molar-refractivity contribution in [1.82, 2.24) is 19.9 Å². The van der Waals surface area contributed by atoms with Gasteiger partial charge in [-0.3, -0.25) is 4.90 Å². The molecule has 0 N–H and O–H groups in total. The summed E-state index contributed by atoms with van der Waals surface area (Å²) in [7, 11) is 2.00. The van der Waals surface area contributed by atoms with Crippen LogP contribution in [0, 0.1) is 12.7 Å². The molecule has 1 atom stereocenters. The first-order valence-corrected chi connectivity index (χ1v) is 8.15. The van der Waals surface area contributed by atoms with Gasteiger partial charge in [0.1, 0.15) is 11.6 Å². The monoisotopic (exact) mass is 328 g/mol. The third-order valence-electron chi connectivity index (χ3n) is 3.53. The van der Waals surface area contributed by atoms with Crippen LogP contribution in [0.4, 0.5) is 4.39 Å². The lowest BCUT2D eigenvalue weighted by molar-refractivity contribution is 0.258. The standard InChI is InChI=1S/C17H17FN4S/c1-12-21-15(11-23-12)10-22(2)16(17-19-8-3-9-20-17)13-4-6-14(18)7-5-13/h3-9,11,16H,10H2,1-2H3/t16-/m0/s1. The molecule has 0 spiro atoms. The fraction of sp³-hybridized carbons (Fsp3) is 0.235. The van der Waals surface area contributed by atoms with E-state index < -0.39 is 0 Å². The molecule has 0 aliphatic carbocycles.